The molecule has 0 saturated carbocycles. The monoisotopic (exact) mass is 325 g/mol. The highest BCUT2D eigenvalue weighted by molar-refractivity contribution is 6.34. The number of halogens is 3. The van der Waals surface area contributed by atoms with Gasteiger partial charge in [0, 0.05) is 11.6 Å². The van der Waals surface area contributed by atoms with Crippen molar-refractivity contribution in [2.24, 2.45) is 0 Å². The van der Waals surface area contributed by atoms with Gasteiger partial charge in [-0.05, 0) is 42.7 Å². The molecular formula is C16H14Cl2FNO. The summed E-state index contributed by atoms with van der Waals surface area (Å²) in [6.07, 6.45) is 1.69. The summed E-state index contributed by atoms with van der Waals surface area (Å²) >= 11 is 11.5. The first kappa shape index (κ1) is 15.8. The van der Waals surface area contributed by atoms with Crippen molar-refractivity contribution in [1.82, 2.24) is 0 Å². The third-order valence-corrected chi connectivity index (χ3v) is 3.56. The van der Waals surface area contributed by atoms with E-state index < -0.39 is 11.7 Å². The van der Waals surface area contributed by atoms with Crippen molar-refractivity contribution in [2.45, 2.75) is 12.8 Å². The first-order valence-electron chi connectivity index (χ1n) is 6.52. The van der Waals surface area contributed by atoms with Crippen LogP contribution in [0.3, 0.4) is 0 Å². The van der Waals surface area contributed by atoms with Crippen LogP contribution in [0.15, 0.2) is 42.5 Å². The maximum atomic E-state index is 13.7. The molecule has 0 aliphatic heterocycles. The predicted molar refractivity (Wildman–Crippen MR) is 84.8 cm³/mol. The van der Waals surface area contributed by atoms with Crippen LogP contribution in [-0.4, -0.2) is 11.8 Å². The van der Waals surface area contributed by atoms with Gasteiger partial charge in [-0.2, -0.15) is 0 Å². The topological polar surface area (TPSA) is 29.1 Å². The molecule has 0 radical (unpaired) electrons. The first-order chi connectivity index (χ1) is 10.1. The summed E-state index contributed by atoms with van der Waals surface area (Å²) in [6, 6.07) is 11.5. The lowest BCUT2D eigenvalue weighted by atomic mass is 10.1. The Balaban J connectivity index is 2.16. The Kier molecular flexibility index (Phi) is 5.59. The van der Waals surface area contributed by atoms with Crippen LogP contribution in [0.4, 0.5) is 10.1 Å². The van der Waals surface area contributed by atoms with Crippen molar-refractivity contribution in [3.63, 3.8) is 0 Å². The maximum absolute atomic E-state index is 13.7. The summed E-state index contributed by atoms with van der Waals surface area (Å²) in [7, 11) is 0. The number of benzene rings is 2. The van der Waals surface area contributed by atoms with Gasteiger partial charge < -0.3 is 5.32 Å². The molecule has 21 heavy (non-hydrogen) atoms. The molecule has 2 rings (SSSR count). The Morgan fingerprint density at radius 1 is 1.19 bits per heavy atom. The third-order valence-electron chi connectivity index (χ3n) is 2.97. The average Bonchev–Trinajstić information content (AvgIpc) is 2.45. The quantitative estimate of drug-likeness (QED) is 0.778. The minimum absolute atomic E-state index is 0.0887. The minimum Gasteiger partial charge on any atom is -0.322 e. The Bertz CT molecular complexity index is 626. The molecule has 1 N–H and O–H groups in total. The largest absolute Gasteiger partial charge is 0.322 e. The summed E-state index contributed by atoms with van der Waals surface area (Å²) in [4.78, 5) is 12.1. The van der Waals surface area contributed by atoms with E-state index in [1.807, 2.05) is 18.2 Å². The maximum Gasteiger partial charge on any atom is 0.260 e. The van der Waals surface area contributed by atoms with Gasteiger partial charge in [-0.1, -0.05) is 29.8 Å². The van der Waals surface area contributed by atoms with Gasteiger partial charge >= 0.3 is 0 Å². The number of anilines is 1. The molecule has 5 heteroatoms. The standard InChI is InChI=1S/C16H14Cl2FNO/c17-9-3-5-11-4-1-6-12(10-11)20-16(21)15-13(18)7-2-8-14(15)19/h1-2,4,6-8,10H,3,5,9H2,(H,20,21). The van der Waals surface area contributed by atoms with Crippen LogP contribution in [0.25, 0.3) is 0 Å². The number of hydrogen-bond acceptors (Lipinski definition) is 1. The number of alkyl halides is 1. The molecule has 0 saturated heterocycles. The Morgan fingerprint density at radius 3 is 2.67 bits per heavy atom. The van der Waals surface area contributed by atoms with Crippen molar-refractivity contribution in [2.75, 3.05) is 11.2 Å². The second-order valence-electron chi connectivity index (χ2n) is 4.54. The molecule has 0 unspecified atom stereocenters. The van der Waals surface area contributed by atoms with E-state index in [4.69, 9.17) is 23.2 Å². The Labute approximate surface area is 132 Å². The van der Waals surface area contributed by atoms with Gasteiger partial charge in [0.1, 0.15) is 5.82 Å². The molecule has 2 aromatic rings. The number of rotatable bonds is 5. The SMILES string of the molecule is O=C(Nc1cccc(CCCCl)c1)c1c(F)cccc1Cl. The fraction of sp³-hybridized carbons (Fsp3) is 0.188. The number of nitrogens with one attached hydrogen (secondary N) is 1. The number of carbonyl (C=O) groups excluding carboxylic acids is 1. The molecule has 2 nitrogen and oxygen atoms in total. The lowest BCUT2D eigenvalue weighted by molar-refractivity contribution is 0.102. The van der Waals surface area contributed by atoms with Crippen LogP contribution in [0.2, 0.25) is 5.02 Å². The molecule has 0 aliphatic carbocycles. The van der Waals surface area contributed by atoms with Gasteiger partial charge in [-0.25, -0.2) is 4.39 Å². The smallest absolute Gasteiger partial charge is 0.260 e. The first-order valence-corrected chi connectivity index (χ1v) is 7.43. The molecule has 0 heterocycles. The van der Waals surface area contributed by atoms with Crippen molar-refractivity contribution >= 4 is 34.8 Å². The minimum atomic E-state index is -0.640. The zero-order valence-corrected chi connectivity index (χ0v) is 12.7. The van der Waals surface area contributed by atoms with Crippen LogP contribution in [-0.2, 0) is 6.42 Å². The average molecular weight is 326 g/mol. The molecule has 0 fully saturated rings. The highest BCUT2D eigenvalue weighted by atomic mass is 35.5. The van der Waals surface area contributed by atoms with Crippen molar-refractivity contribution < 1.29 is 9.18 Å². The number of carbonyl (C=O) groups is 1. The number of hydrogen-bond donors (Lipinski definition) is 1. The van der Waals surface area contributed by atoms with E-state index in [1.54, 1.807) is 6.07 Å². The summed E-state index contributed by atoms with van der Waals surface area (Å²) in [6.45, 7) is 0. The molecular weight excluding hydrogens is 312 g/mol. The summed E-state index contributed by atoms with van der Waals surface area (Å²) in [5.74, 6) is -0.618. The zero-order chi connectivity index (χ0) is 15.2. The van der Waals surface area contributed by atoms with Gasteiger partial charge in [0.15, 0.2) is 0 Å². The van der Waals surface area contributed by atoms with Gasteiger partial charge in [-0.3, -0.25) is 4.79 Å². The summed E-state index contributed by atoms with van der Waals surface area (Å²) in [5, 5.41) is 2.75. The Morgan fingerprint density at radius 2 is 1.95 bits per heavy atom. The van der Waals surface area contributed by atoms with E-state index in [0.29, 0.717) is 11.6 Å². The molecule has 0 spiro atoms. The zero-order valence-electron chi connectivity index (χ0n) is 11.2. The van der Waals surface area contributed by atoms with Crippen LogP contribution >= 0.6 is 23.2 Å². The van der Waals surface area contributed by atoms with Crippen LogP contribution < -0.4 is 5.32 Å². The van der Waals surface area contributed by atoms with Crippen LogP contribution in [0, 0.1) is 5.82 Å². The van der Waals surface area contributed by atoms with Gasteiger partial charge in [0.2, 0.25) is 0 Å². The summed E-state index contributed by atoms with van der Waals surface area (Å²) in [5.41, 5.74) is 1.52. The van der Waals surface area contributed by atoms with E-state index >= 15 is 0 Å². The van der Waals surface area contributed by atoms with Crippen LogP contribution in [0.1, 0.15) is 22.3 Å². The third kappa shape index (κ3) is 4.19. The summed E-state index contributed by atoms with van der Waals surface area (Å²) < 4.78 is 13.7. The number of aryl methyl sites for hydroxylation is 1. The lowest BCUT2D eigenvalue weighted by Gasteiger charge is -2.09. The van der Waals surface area contributed by atoms with Gasteiger partial charge in [-0.15, -0.1) is 11.6 Å². The fourth-order valence-electron chi connectivity index (χ4n) is 1.98. The van der Waals surface area contributed by atoms with Crippen molar-refractivity contribution in [3.8, 4) is 0 Å². The van der Waals surface area contributed by atoms with E-state index in [0.717, 1.165) is 18.4 Å². The fourth-order valence-corrected chi connectivity index (χ4v) is 2.37. The molecule has 0 atom stereocenters. The second-order valence-corrected chi connectivity index (χ2v) is 5.33. The molecule has 1 amide bonds. The molecule has 110 valence electrons. The highest BCUT2D eigenvalue weighted by Crippen LogP contribution is 2.21. The van der Waals surface area contributed by atoms with Crippen LogP contribution in [0.5, 0.6) is 0 Å². The van der Waals surface area contributed by atoms with Gasteiger partial charge in [0.05, 0.1) is 10.6 Å². The van der Waals surface area contributed by atoms with Crippen molar-refractivity contribution in [1.29, 1.82) is 0 Å². The molecule has 0 bridgehead atoms. The molecule has 0 aliphatic rings. The number of amides is 1. The van der Waals surface area contributed by atoms with Crippen molar-refractivity contribution in [3.05, 3.63) is 64.4 Å². The second kappa shape index (κ2) is 7.43. The highest BCUT2D eigenvalue weighted by Gasteiger charge is 2.15. The molecule has 0 aromatic heterocycles. The van der Waals surface area contributed by atoms with E-state index in [1.165, 1.54) is 18.2 Å². The normalized spacial score (nSPS) is 10.4. The van der Waals surface area contributed by atoms with E-state index in [2.05, 4.69) is 5.32 Å². The lowest BCUT2D eigenvalue weighted by Crippen LogP contribution is -2.14. The van der Waals surface area contributed by atoms with Gasteiger partial charge in [0.25, 0.3) is 5.91 Å². The predicted octanol–water partition coefficient (Wildman–Crippen LogP) is 4.90. The Hall–Kier alpha value is -1.58. The molecule has 2 aromatic carbocycles. The van der Waals surface area contributed by atoms with E-state index in [9.17, 15) is 9.18 Å². The van der Waals surface area contributed by atoms with E-state index in [-0.39, 0.29) is 10.6 Å².